The van der Waals surface area contributed by atoms with E-state index >= 15 is 0 Å². The largest absolute Gasteiger partial charge is 0.490 e. The zero-order valence-corrected chi connectivity index (χ0v) is 19.3. The highest BCUT2D eigenvalue weighted by Gasteiger charge is 2.07. The Kier molecular flexibility index (Phi) is 11.2. The second kappa shape index (κ2) is 13.9. The molecule has 0 spiro atoms. The summed E-state index contributed by atoms with van der Waals surface area (Å²) in [6.45, 7) is 7.79. The minimum absolute atomic E-state index is 0.00114. The molecule has 2 aromatic rings. The Hall–Kier alpha value is -2.20. The van der Waals surface area contributed by atoms with Crippen molar-refractivity contribution in [3.8, 4) is 11.5 Å². The molecule has 30 heavy (non-hydrogen) atoms. The lowest BCUT2D eigenvalue weighted by Gasteiger charge is -2.13. The summed E-state index contributed by atoms with van der Waals surface area (Å²) in [4.78, 5) is 13.7. The molecule has 0 radical (unpaired) electrons. The van der Waals surface area contributed by atoms with Gasteiger partial charge in [0.05, 0.1) is 13.2 Å². The van der Waals surface area contributed by atoms with Crippen molar-refractivity contribution in [2.45, 2.75) is 57.8 Å². The highest BCUT2D eigenvalue weighted by atomic mass is 32.2. The molecule has 0 heterocycles. The van der Waals surface area contributed by atoms with Crippen LogP contribution in [0.15, 0.2) is 53.4 Å². The number of hydrogen-bond donors (Lipinski definition) is 0. The predicted molar refractivity (Wildman–Crippen MR) is 128 cm³/mol. The van der Waals surface area contributed by atoms with E-state index in [0.29, 0.717) is 18.8 Å². The van der Waals surface area contributed by atoms with E-state index in [1.807, 2.05) is 60.3 Å². The Morgan fingerprint density at radius 2 is 1.53 bits per heavy atom. The Bertz CT molecular complexity index is 796. The van der Waals surface area contributed by atoms with Crippen LogP contribution in [0.2, 0.25) is 0 Å². The summed E-state index contributed by atoms with van der Waals surface area (Å²) in [5, 5.41) is 0. The summed E-state index contributed by atoms with van der Waals surface area (Å²) < 4.78 is 11.8. The third-order valence-corrected chi connectivity index (χ3v) is 5.74. The van der Waals surface area contributed by atoms with E-state index < -0.39 is 0 Å². The van der Waals surface area contributed by atoms with E-state index in [2.05, 4.69) is 20.8 Å². The fraction of sp³-hybridized carbons (Fsp3) is 0.423. The number of benzene rings is 2. The molecule has 0 unspecified atom stereocenters. The SMILES string of the molecule is CCCCOc1ccc(/C=C/C(=O)c2ccc(SCCC)cc2)cc1OCCCC. The molecule has 0 bridgehead atoms. The molecular formula is C26H34O3S. The molecule has 2 aromatic carbocycles. The van der Waals surface area contributed by atoms with Crippen LogP contribution in [0.25, 0.3) is 6.08 Å². The third kappa shape index (κ3) is 8.27. The Morgan fingerprint density at radius 3 is 2.17 bits per heavy atom. The maximum Gasteiger partial charge on any atom is 0.185 e. The van der Waals surface area contributed by atoms with Crippen molar-refractivity contribution in [3.05, 3.63) is 59.7 Å². The van der Waals surface area contributed by atoms with Gasteiger partial charge in [0.1, 0.15) is 0 Å². The van der Waals surface area contributed by atoms with Crippen molar-refractivity contribution < 1.29 is 14.3 Å². The zero-order chi connectivity index (χ0) is 21.6. The minimum atomic E-state index is -0.00114. The molecule has 162 valence electrons. The number of rotatable bonds is 14. The first kappa shape index (κ1) is 24.1. The first-order chi connectivity index (χ1) is 14.7. The van der Waals surface area contributed by atoms with Crippen LogP contribution in [0.4, 0.5) is 0 Å². The molecule has 0 aliphatic heterocycles. The van der Waals surface area contributed by atoms with Gasteiger partial charge < -0.3 is 9.47 Å². The summed E-state index contributed by atoms with van der Waals surface area (Å²) in [6.07, 6.45) is 8.78. The summed E-state index contributed by atoms with van der Waals surface area (Å²) in [6, 6.07) is 13.7. The number of allylic oxidation sites excluding steroid dienone is 1. The molecule has 0 saturated heterocycles. The zero-order valence-electron chi connectivity index (χ0n) is 18.5. The number of ketones is 1. The molecule has 0 saturated carbocycles. The van der Waals surface area contributed by atoms with Gasteiger partial charge in [-0.05, 0) is 73.1 Å². The number of carbonyl (C=O) groups is 1. The molecule has 0 N–H and O–H groups in total. The van der Waals surface area contributed by atoms with Crippen molar-refractivity contribution in [2.24, 2.45) is 0 Å². The quantitative estimate of drug-likeness (QED) is 0.136. The fourth-order valence-corrected chi connectivity index (χ4v) is 3.49. The van der Waals surface area contributed by atoms with E-state index in [9.17, 15) is 4.79 Å². The molecular weight excluding hydrogens is 392 g/mol. The minimum Gasteiger partial charge on any atom is -0.490 e. The van der Waals surface area contributed by atoms with Gasteiger partial charge in [-0.3, -0.25) is 4.79 Å². The lowest BCUT2D eigenvalue weighted by molar-refractivity contribution is 0.104. The van der Waals surface area contributed by atoms with Gasteiger partial charge in [-0.1, -0.05) is 45.8 Å². The third-order valence-electron chi connectivity index (χ3n) is 4.52. The Morgan fingerprint density at radius 1 is 0.867 bits per heavy atom. The topological polar surface area (TPSA) is 35.5 Å². The van der Waals surface area contributed by atoms with E-state index in [4.69, 9.17) is 9.47 Å². The monoisotopic (exact) mass is 426 g/mol. The van der Waals surface area contributed by atoms with Crippen molar-refractivity contribution in [1.82, 2.24) is 0 Å². The van der Waals surface area contributed by atoms with Crippen molar-refractivity contribution in [2.75, 3.05) is 19.0 Å². The van der Waals surface area contributed by atoms with E-state index in [0.717, 1.165) is 54.9 Å². The van der Waals surface area contributed by atoms with Crippen molar-refractivity contribution >= 4 is 23.6 Å². The molecule has 2 rings (SSSR count). The van der Waals surface area contributed by atoms with Crippen LogP contribution in [0.3, 0.4) is 0 Å². The first-order valence-corrected chi connectivity index (χ1v) is 12.0. The molecule has 4 heteroatoms. The summed E-state index contributed by atoms with van der Waals surface area (Å²) in [5.41, 5.74) is 1.62. The second-order valence-corrected chi connectivity index (χ2v) is 8.35. The molecule has 0 atom stereocenters. The maximum absolute atomic E-state index is 12.5. The van der Waals surface area contributed by atoms with Crippen molar-refractivity contribution in [3.63, 3.8) is 0 Å². The summed E-state index contributed by atoms with van der Waals surface area (Å²) in [7, 11) is 0. The van der Waals surface area contributed by atoms with Crippen LogP contribution in [0.5, 0.6) is 11.5 Å². The van der Waals surface area contributed by atoms with Crippen LogP contribution in [-0.4, -0.2) is 24.7 Å². The smallest absolute Gasteiger partial charge is 0.185 e. The van der Waals surface area contributed by atoms with Gasteiger partial charge in [0.25, 0.3) is 0 Å². The normalized spacial score (nSPS) is 11.0. The van der Waals surface area contributed by atoms with Crippen LogP contribution in [-0.2, 0) is 0 Å². The molecule has 0 amide bonds. The molecule has 0 fully saturated rings. The van der Waals surface area contributed by atoms with Gasteiger partial charge in [0.15, 0.2) is 17.3 Å². The Balaban J connectivity index is 2.06. The lowest BCUT2D eigenvalue weighted by Crippen LogP contribution is -2.02. The highest BCUT2D eigenvalue weighted by Crippen LogP contribution is 2.29. The molecule has 0 aromatic heterocycles. The van der Waals surface area contributed by atoms with Gasteiger partial charge in [0.2, 0.25) is 0 Å². The fourth-order valence-electron chi connectivity index (χ4n) is 2.72. The summed E-state index contributed by atoms with van der Waals surface area (Å²) in [5.74, 6) is 2.60. The van der Waals surface area contributed by atoms with Gasteiger partial charge >= 0.3 is 0 Å². The van der Waals surface area contributed by atoms with Gasteiger partial charge in [-0.25, -0.2) is 0 Å². The number of carbonyl (C=O) groups excluding carboxylic acids is 1. The van der Waals surface area contributed by atoms with E-state index in [-0.39, 0.29) is 5.78 Å². The number of ether oxygens (including phenoxy) is 2. The second-order valence-electron chi connectivity index (χ2n) is 7.18. The lowest BCUT2D eigenvalue weighted by atomic mass is 10.1. The van der Waals surface area contributed by atoms with E-state index in [1.165, 1.54) is 4.90 Å². The molecule has 0 aliphatic rings. The van der Waals surface area contributed by atoms with Crippen LogP contribution in [0, 0.1) is 0 Å². The predicted octanol–water partition coefficient (Wildman–Crippen LogP) is 7.44. The van der Waals surface area contributed by atoms with E-state index in [1.54, 1.807) is 6.08 Å². The average Bonchev–Trinajstić information content (AvgIpc) is 2.78. The first-order valence-electron chi connectivity index (χ1n) is 11.0. The van der Waals surface area contributed by atoms with Gasteiger partial charge in [0, 0.05) is 10.5 Å². The van der Waals surface area contributed by atoms with Crippen LogP contribution < -0.4 is 9.47 Å². The molecule has 0 aliphatic carbocycles. The van der Waals surface area contributed by atoms with Gasteiger partial charge in [-0.15, -0.1) is 11.8 Å². The number of thioether (sulfide) groups is 1. The number of hydrogen-bond acceptors (Lipinski definition) is 4. The number of unbranched alkanes of at least 4 members (excludes halogenated alkanes) is 2. The average molecular weight is 427 g/mol. The standard InChI is InChI=1S/C26H34O3S/c1-4-7-17-28-25-16-10-21(20-26(25)29-18-8-5-2)9-15-24(27)22-11-13-23(14-12-22)30-19-6-3/h9-16,20H,4-8,17-19H2,1-3H3/b15-9+. The molecule has 3 nitrogen and oxygen atoms in total. The Labute approximate surface area is 185 Å². The van der Waals surface area contributed by atoms with Crippen LogP contribution in [0.1, 0.15) is 68.8 Å². The maximum atomic E-state index is 12.5. The summed E-state index contributed by atoms with van der Waals surface area (Å²) >= 11 is 1.81. The van der Waals surface area contributed by atoms with Crippen molar-refractivity contribution in [1.29, 1.82) is 0 Å². The highest BCUT2D eigenvalue weighted by molar-refractivity contribution is 7.99. The van der Waals surface area contributed by atoms with Crippen LogP contribution >= 0.6 is 11.8 Å². The van der Waals surface area contributed by atoms with Gasteiger partial charge in [-0.2, -0.15) is 0 Å².